The van der Waals surface area contributed by atoms with E-state index in [1.165, 1.54) is 11.0 Å². The van der Waals surface area contributed by atoms with Gasteiger partial charge in [0.15, 0.2) is 11.5 Å². The van der Waals surface area contributed by atoms with Crippen LogP contribution in [0.25, 0.3) is 0 Å². The molecule has 0 fully saturated rings. The van der Waals surface area contributed by atoms with Gasteiger partial charge in [0.25, 0.3) is 0 Å². The van der Waals surface area contributed by atoms with Gasteiger partial charge in [-0.05, 0) is 43.7 Å². The fourth-order valence-corrected chi connectivity index (χ4v) is 4.31. The van der Waals surface area contributed by atoms with Crippen LogP contribution in [0.1, 0.15) is 19.4 Å². The van der Waals surface area contributed by atoms with E-state index in [0.717, 1.165) is 16.1 Å². The molecule has 0 radical (unpaired) electrons. The van der Waals surface area contributed by atoms with Crippen molar-refractivity contribution in [2.45, 2.75) is 26.4 Å². The maximum atomic E-state index is 13.4. The Hall–Kier alpha value is -2.98. The van der Waals surface area contributed by atoms with Crippen molar-refractivity contribution in [3.63, 3.8) is 0 Å². The van der Waals surface area contributed by atoms with Crippen LogP contribution < -0.4 is 19.1 Å². The number of anilines is 1. The molecule has 0 spiro atoms. The number of rotatable bonds is 9. The predicted molar refractivity (Wildman–Crippen MR) is 125 cm³/mol. The Labute approximate surface area is 198 Å². The summed E-state index contributed by atoms with van der Waals surface area (Å²) in [5.74, 6) is 0.00987. The summed E-state index contributed by atoms with van der Waals surface area (Å²) in [6, 6.07) is 10.7. The van der Waals surface area contributed by atoms with Crippen LogP contribution in [0.5, 0.6) is 11.5 Å². The lowest BCUT2D eigenvalue weighted by Gasteiger charge is -2.31. The zero-order valence-corrected chi connectivity index (χ0v) is 20.1. The number of fused-ring (bicyclic) bond motifs is 1. The molecule has 1 atom stereocenters. The molecule has 2 aromatic carbocycles. The maximum absolute atomic E-state index is 13.4. The number of hydrogen-bond donors (Lipinski definition) is 1. The number of sulfonamides is 1. The SMILES string of the molecule is CCNC(=O)[C@H](C)N(Cc1ccc(Cl)cc1)C(=O)CN(c1ccc2c(c1)OCO2)S(C)(=O)=O. The van der Waals surface area contributed by atoms with Crippen LogP contribution in [0.4, 0.5) is 5.69 Å². The molecular formula is C22H26ClN3O6S. The second-order valence-corrected chi connectivity index (χ2v) is 9.87. The van der Waals surface area contributed by atoms with E-state index in [9.17, 15) is 18.0 Å². The fraction of sp³-hybridized carbons (Fsp3) is 0.364. The molecule has 33 heavy (non-hydrogen) atoms. The van der Waals surface area contributed by atoms with E-state index in [-0.39, 0.29) is 24.9 Å². The molecule has 1 N–H and O–H groups in total. The minimum absolute atomic E-state index is 0.0372. The highest BCUT2D eigenvalue weighted by molar-refractivity contribution is 7.92. The molecule has 0 unspecified atom stereocenters. The minimum Gasteiger partial charge on any atom is -0.454 e. The summed E-state index contributed by atoms with van der Waals surface area (Å²) < 4.78 is 36.8. The quantitative estimate of drug-likeness (QED) is 0.572. The van der Waals surface area contributed by atoms with E-state index in [0.29, 0.717) is 23.1 Å². The van der Waals surface area contributed by atoms with Gasteiger partial charge in [-0.25, -0.2) is 8.42 Å². The van der Waals surface area contributed by atoms with E-state index in [1.54, 1.807) is 50.2 Å². The van der Waals surface area contributed by atoms with Crippen molar-refractivity contribution in [1.82, 2.24) is 10.2 Å². The van der Waals surface area contributed by atoms with Crippen molar-refractivity contribution >= 4 is 39.1 Å². The number of benzene rings is 2. The lowest BCUT2D eigenvalue weighted by atomic mass is 10.1. The Bertz CT molecular complexity index is 1120. The van der Waals surface area contributed by atoms with Gasteiger partial charge >= 0.3 is 0 Å². The third-order valence-electron chi connectivity index (χ3n) is 5.11. The van der Waals surface area contributed by atoms with Gasteiger partial charge in [-0.2, -0.15) is 0 Å². The molecule has 178 valence electrons. The topological polar surface area (TPSA) is 105 Å². The highest BCUT2D eigenvalue weighted by Crippen LogP contribution is 2.36. The zero-order valence-electron chi connectivity index (χ0n) is 18.6. The number of hydrogen-bond acceptors (Lipinski definition) is 6. The molecule has 2 amide bonds. The Morgan fingerprint density at radius 1 is 1.12 bits per heavy atom. The first-order valence-electron chi connectivity index (χ1n) is 10.3. The van der Waals surface area contributed by atoms with Crippen LogP contribution in [0.2, 0.25) is 5.02 Å². The van der Waals surface area contributed by atoms with Gasteiger partial charge in [0.05, 0.1) is 11.9 Å². The van der Waals surface area contributed by atoms with Crippen molar-refractivity contribution in [2.75, 3.05) is 30.4 Å². The second kappa shape index (κ2) is 10.3. The molecule has 0 bridgehead atoms. The molecule has 3 rings (SSSR count). The number of nitrogens with zero attached hydrogens (tertiary/aromatic N) is 2. The van der Waals surface area contributed by atoms with Crippen LogP contribution >= 0.6 is 11.6 Å². The molecule has 0 aliphatic carbocycles. The van der Waals surface area contributed by atoms with Crippen LogP contribution in [0.15, 0.2) is 42.5 Å². The van der Waals surface area contributed by atoms with Gasteiger partial charge < -0.3 is 19.7 Å². The number of ether oxygens (including phenoxy) is 2. The summed E-state index contributed by atoms with van der Waals surface area (Å²) >= 11 is 5.95. The first kappa shape index (κ1) is 24.7. The lowest BCUT2D eigenvalue weighted by molar-refractivity contribution is -0.139. The van der Waals surface area contributed by atoms with Crippen molar-refractivity contribution in [3.8, 4) is 11.5 Å². The molecule has 2 aromatic rings. The first-order chi connectivity index (χ1) is 15.6. The maximum Gasteiger partial charge on any atom is 0.244 e. The van der Waals surface area contributed by atoms with Crippen molar-refractivity contribution in [1.29, 1.82) is 0 Å². The summed E-state index contributed by atoms with van der Waals surface area (Å²) in [5, 5.41) is 3.24. The normalized spacial score (nSPS) is 13.3. The summed E-state index contributed by atoms with van der Waals surface area (Å²) in [5.41, 5.74) is 1.00. The number of halogens is 1. The molecule has 1 aliphatic rings. The van der Waals surface area contributed by atoms with E-state index in [2.05, 4.69) is 5.32 Å². The molecule has 0 saturated carbocycles. The summed E-state index contributed by atoms with van der Waals surface area (Å²) in [7, 11) is -3.83. The summed E-state index contributed by atoms with van der Waals surface area (Å²) in [4.78, 5) is 27.3. The number of nitrogens with one attached hydrogen (secondary N) is 1. The van der Waals surface area contributed by atoms with Crippen LogP contribution in [-0.2, 0) is 26.2 Å². The van der Waals surface area contributed by atoms with Crippen LogP contribution in [0.3, 0.4) is 0 Å². The molecular weight excluding hydrogens is 470 g/mol. The number of amides is 2. The van der Waals surface area contributed by atoms with E-state index in [1.807, 2.05) is 0 Å². The van der Waals surface area contributed by atoms with Crippen LogP contribution in [0, 0.1) is 0 Å². The molecule has 9 nitrogen and oxygen atoms in total. The lowest BCUT2D eigenvalue weighted by Crippen LogP contribution is -2.51. The van der Waals surface area contributed by atoms with Gasteiger partial charge in [0.1, 0.15) is 12.6 Å². The summed E-state index contributed by atoms with van der Waals surface area (Å²) in [6.45, 7) is 3.43. The van der Waals surface area contributed by atoms with Gasteiger partial charge in [-0.1, -0.05) is 23.7 Å². The minimum atomic E-state index is -3.83. The molecule has 1 aliphatic heterocycles. The smallest absolute Gasteiger partial charge is 0.244 e. The first-order valence-corrected chi connectivity index (χ1v) is 12.5. The highest BCUT2D eigenvalue weighted by atomic mass is 35.5. The average molecular weight is 496 g/mol. The van der Waals surface area contributed by atoms with E-state index < -0.39 is 28.5 Å². The van der Waals surface area contributed by atoms with Gasteiger partial charge in [-0.15, -0.1) is 0 Å². The Morgan fingerprint density at radius 3 is 2.42 bits per heavy atom. The van der Waals surface area contributed by atoms with Gasteiger partial charge in [-0.3, -0.25) is 13.9 Å². The van der Waals surface area contributed by atoms with E-state index >= 15 is 0 Å². The summed E-state index contributed by atoms with van der Waals surface area (Å²) in [6.07, 6.45) is 1.02. The molecule has 0 aromatic heterocycles. The van der Waals surface area contributed by atoms with Crippen LogP contribution in [-0.4, -0.2) is 57.3 Å². The van der Waals surface area contributed by atoms with Gasteiger partial charge in [0, 0.05) is 24.2 Å². The number of carbonyl (C=O) groups is 2. The number of carbonyl (C=O) groups excluding carboxylic acids is 2. The zero-order chi connectivity index (χ0) is 24.2. The van der Waals surface area contributed by atoms with Crippen molar-refractivity contribution < 1.29 is 27.5 Å². The molecule has 1 heterocycles. The highest BCUT2D eigenvalue weighted by Gasteiger charge is 2.30. The monoisotopic (exact) mass is 495 g/mol. The third-order valence-corrected chi connectivity index (χ3v) is 6.50. The average Bonchev–Trinajstić information content (AvgIpc) is 3.23. The van der Waals surface area contributed by atoms with E-state index in [4.69, 9.17) is 21.1 Å². The Kier molecular flexibility index (Phi) is 7.70. The predicted octanol–water partition coefficient (Wildman–Crippen LogP) is 2.39. The molecule has 0 saturated heterocycles. The van der Waals surface area contributed by atoms with Gasteiger partial charge in [0.2, 0.25) is 28.6 Å². The Balaban J connectivity index is 1.90. The fourth-order valence-electron chi connectivity index (χ4n) is 3.35. The largest absolute Gasteiger partial charge is 0.454 e. The standard InChI is InChI=1S/C22H26ClN3O6S/c1-4-24-22(28)15(2)25(12-16-5-7-17(23)8-6-16)21(27)13-26(33(3,29)30)18-9-10-19-20(11-18)32-14-31-19/h5-11,15H,4,12-14H2,1-3H3,(H,24,28)/t15-/m0/s1. The van der Waals surface area contributed by atoms with Crippen molar-refractivity contribution in [3.05, 3.63) is 53.1 Å². The third kappa shape index (κ3) is 6.08. The second-order valence-electron chi connectivity index (χ2n) is 7.53. The molecule has 11 heteroatoms. The van der Waals surface area contributed by atoms with Crippen molar-refractivity contribution in [2.24, 2.45) is 0 Å². The number of likely N-dealkylation sites (N-methyl/N-ethyl adjacent to an activating group) is 1. The Morgan fingerprint density at radius 2 is 1.79 bits per heavy atom.